The highest BCUT2D eigenvalue weighted by atomic mass is 16.2. The highest BCUT2D eigenvalue weighted by Crippen LogP contribution is 2.37. The molecule has 2 heterocycles. The first-order valence-corrected chi connectivity index (χ1v) is 12.2. The standard InChI is InChI=1S/C29H38N2O2/c1-7-9-24(16-21(6)20(5)8-2)29-28(19(3)4)25-17-23(10-11-26(25)30-29)22-12-14-31(15-13-22)27(33)18-32/h7,9-11,16-20,22,30H,1,8,12-15H2,2-6H3/b21-16-,24-9+. The van der Waals surface area contributed by atoms with Gasteiger partial charge in [0.2, 0.25) is 6.29 Å². The molecular formula is C29H38N2O2. The third-order valence-corrected chi connectivity index (χ3v) is 7.18. The fourth-order valence-electron chi connectivity index (χ4n) is 4.86. The van der Waals surface area contributed by atoms with Gasteiger partial charge in [-0.15, -0.1) is 0 Å². The van der Waals surface area contributed by atoms with E-state index < -0.39 is 5.91 Å². The van der Waals surface area contributed by atoms with Crippen LogP contribution in [0, 0.1) is 5.92 Å². The summed E-state index contributed by atoms with van der Waals surface area (Å²) in [5.41, 5.74) is 7.51. The van der Waals surface area contributed by atoms with Crippen LogP contribution in [0.25, 0.3) is 16.5 Å². The van der Waals surface area contributed by atoms with Gasteiger partial charge in [-0.3, -0.25) is 9.59 Å². The van der Waals surface area contributed by atoms with Crippen LogP contribution in [-0.4, -0.2) is 35.2 Å². The van der Waals surface area contributed by atoms with Crippen LogP contribution >= 0.6 is 0 Å². The van der Waals surface area contributed by atoms with Crippen molar-refractivity contribution in [2.24, 2.45) is 5.92 Å². The maximum absolute atomic E-state index is 11.7. The summed E-state index contributed by atoms with van der Waals surface area (Å²) in [4.78, 5) is 27.9. The molecule has 1 saturated heterocycles. The lowest BCUT2D eigenvalue weighted by Gasteiger charge is -2.31. The fourth-order valence-corrected chi connectivity index (χ4v) is 4.86. The number of carbonyl (C=O) groups is 2. The van der Waals surface area contributed by atoms with Gasteiger partial charge in [0.25, 0.3) is 5.91 Å². The molecule has 3 rings (SSSR count). The van der Waals surface area contributed by atoms with E-state index in [4.69, 9.17) is 0 Å². The molecule has 1 N–H and O–H groups in total. The number of benzene rings is 1. The Balaban J connectivity index is 2.01. The number of hydrogen-bond donors (Lipinski definition) is 1. The van der Waals surface area contributed by atoms with Crippen LogP contribution in [0.5, 0.6) is 0 Å². The van der Waals surface area contributed by atoms with E-state index in [1.165, 1.54) is 33.4 Å². The first kappa shape index (κ1) is 24.8. The SMILES string of the molecule is C=C/C=C(\C=C(\C)C(C)CC)c1[nH]c2ccc(C3CCN(C(=O)C=O)CC3)cc2c1C(C)C. The van der Waals surface area contributed by atoms with E-state index in [1.807, 2.05) is 6.08 Å². The lowest BCUT2D eigenvalue weighted by atomic mass is 9.87. The number of aldehydes is 1. The molecule has 4 nitrogen and oxygen atoms in total. The summed E-state index contributed by atoms with van der Waals surface area (Å²) in [5, 5.41) is 1.27. The first-order chi connectivity index (χ1) is 15.8. The average molecular weight is 447 g/mol. The van der Waals surface area contributed by atoms with Crippen LogP contribution in [0.4, 0.5) is 0 Å². The summed E-state index contributed by atoms with van der Waals surface area (Å²) in [6.07, 6.45) is 9.58. The number of allylic oxidation sites excluding steroid dienone is 5. The maximum Gasteiger partial charge on any atom is 0.286 e. The second-order valence-corrected chi connectivity index (χ2v) is 9.65. The topological polar surface area (TPSA) is 53.2 Å². The highest BCUT2D eigenvalue weighted by molar-refractivity contribution is 6.23. The molecule has 2 aromatic rings. The van der Waals surface area contributed by atoms with Gasteiger partial charge in [-0.05, 0) is 72.8 Å². The number of amides is 1. The molecule has 1 aliphatic rings. The molecule has 1 aromatic carbocycles. The van der Waals surface area contributed by atoms with Crippen LogP contribution in [0.3, 0.4) is 0 Å². The van der Waals surface area contributed by atoms with Crippen molar-refractivity contribution in [3.05, 3.63) is 65.4 Å². The lowest BCUT2D eigenvalue weighted by Crippen LogP contribution is -2.38. The molecule has 0 bridgehead atoms. The molecule has 0 radical (unpaired) electrons. The zero-order chi connectivity index (χ0) is 24.1. The van der Waals surface area contributed by atoms with E-state index in [-0.39, 0.29) is 0 Å². The van der Waals surface area contributed by atoms with Crippen LogP contribution < -0.4 is 0 Å². The third-order valence-electron chi connectivity index (χ3n) is 7.18. The molecule has 33 heavy (non-hydrogen) atoms. The van der Waals surface area contributed by atoms with E-state index >= 15 is 0 Å². The molecule has 0 aliphatic carbocycles. The Morgan fingerprint density at radius 1 is 1.24 bits per heavy atom. The number of likely N-dealkylation sites (tertiary alicyclic amines) is 1. The number of H-pyrrole nitrogens is 1. The number of aromatic amines is 1. The molecule has 1 fully saturated rings. The Bertz CT molecular complexity index is 1080. The quantitative estimate of drug-likeness (QED) is 0.277. The highest BCUT2D eigenvalue weighted by Gasteiger charge is 2.25. The first-order valence-electron chi connectivity index (χ1n) is 12.2. The summed E-state index contributed by atoms with van der Waals surface area (Å²) < 4.78 is 0. The molecule has 0 saturated carbocycles. The number of piperidine rings is 1. The van der Waals surface area contributed by atoms with E-state index in [0.717, 1.165) is 24.8 Å². The summed E-state index contributed by atoms with van der Waals surface area (Å²) in [7, 11) is 0. The van der Waals surface area contributed by atoms with E-state index in [2.05, 4.69) is 76.5 Å². The second-order valence-electron chi connectivity index (χ2n) is 9.65. The van der Waals surface area contributed by atoms with Crippen molar-refractivity contribution in [1.29, 1.82) is 0 Å². The molecule has 1 aliphatic heterocycles. The van der Waals surface area contributed by atoms with Gasteiger partial charge in [0.05, 0.1) is 0 Å². The van der Waals surface area contributed by atoms with Crippen molar-refractivity contribution in [2.45, 2.75) is 65.7 Å². The van der Waals surface area contributed by atoms with Gasteiger partial charge in [-0.2, -0.15) is 0 Å². The van der Waals surface area contributed by atoms with Gasteiger partial charge >= 0.3 is 0 Å². The maximum atomic E-state index is 11.7. The van der Waals surface area contributed by atoms with Gasteiger partial charge in [0.15, 0.2) is 0 Å². The van der Waals surface area contributed by atoms with E-state index in [9.17, 15) is 9.59 Å². The molecule has 4 heteroatoms. The van der Waals surface area contributed by atoms with Crippen molar-refractivity contribution in [3.8, 4) is 0 Å². The molecule has 1 unspecified atom stereocenters. The summed E-state index contributed by atoms with van der Waals surface area (Å²) in [5.74, 6) is 0.901. The van der Waals surface area contributed by atoms with E-state index in [1.54, 1.807) is 4.90 Å². The monoisotopic (exact) mass is 446 g/mol. The van der Waals surface area contributed by atoms with Gasteiger partial charge in [-0.1, -0.05) is 64.1 Å². The van der Waals surface area contributed by atoms with Gasteiger partial charge in [-0.25, -0.2) is 0 Å². The zero-order valence-corrected chi connectivity index (χ0v) is 20.8. The minimum atomic E-state index is -0.399. The van der Waals surface area contributed by atoms with Gasteiger partial charge < -0.3 is 9.88 Å². The number of nitrogens with one attached hydrogen (secondary N) is 1. The molecule has 1 amide bonds. The zero-order valence-electron chi connectivity index (χ0n) is 20.8. The number of nitrogens with zero attached hydrogens (tertiary/aromatic N) is 1. The second kappa shape index (κ2) is 10.8. The Kier molecular flexibility index (Phi) is 8.12. The van der Waals surface area contributed by atoms with Gasteiger partial charge in [0, 0.05) is 29.7 Å². The molecule has 1 aromatic heterocycles. The minimum absolute atomic E-state index is 0.363. The van der Waals surface area contributed by atoms with Crippen LogP contribution in [-0.2, 0) is 9.59 Å². The van der Waals surface area contributed by atoms with E-state index in [0.29, 0.717) is 37.1 Å². The predicted octanol–water partition coefficient (Wildman–Crippen LogP) is 6.76. The van der Waals surface area contributed by atoms with Crippen LogP contribution in [0.15, 0.2) is 48.6 Å². The van der Waals surface area contributed by atoms with Crippen molar-refractivity contribution in [3.63, 3.8) is 0 Å². The van der Waals surface area contributed by atoms with Crippen molar-refractivity contribution >= 4 is 28.7 Å². The average Bonchev–Trinajstić information content (AvgIpc) is 3.21. The molecule has 176 valence electrons. The third kappa shape index (κ3) is 5.38. The fraction of sp³-hybridized carbons (Fsp3) is 0.448. The predicted molar refractivity (Wildman–Crippen MR) is 138 cm³/mol. The Morgan fingerprint density at radius 3 is 2.52 bits per heavy atom. The summed E-state index contributed by atoms with van der Waals surface area (Å²) in [6, 6.07) is 6.74. The number of hydrogen-bond acceptors (Lipinski definition) is 2. The summed E-state index contributed by atoms with van der Waals surface area (Å²) in [6.45, 7) is 16.4. The van der Waals surface area contributed by atoms with Crippen molar-refractivity contribution in [1.82, 2.24) is 9.88 Å². The number of fused-ring (bicyclic) bond motifs is 1. The van der Waals surface area contributed by atoms with Gasteiger partial charge in [0.1, 0.15) is 0 Å². The summed E-state index contributed by atoms with van der Waals surface area (Å²) >= 11 is 0. The number of rotatable bonds is 8. The Morgan fingerprint density at radius 2 is 1.94 bits per heavy atom. The lowest BCUT2D eigenvalue weighted by molar-refractivity contribution is -0.139. The molecule has 0 spiro atoms. The van der Waals surface area contributed by atoms with Crippen LogP contribution in [0.2, 0.25) is 0 Å². The Hall–Kier alpha value is -2.88. The van der Waals surface area contributed by atoms with Crippen LogP contribution in [0.1, 0.15) is 82.5 Å². The van der Waals surface area contributed by atoms with Crippen molar-refractivity contribution in [2.75, 3.05) is 13.1 Å². The normalized spacial score (nSPS) is 17.0. The minimum Gasteiger partial charge on any atom is -0.354 e. The number of carbonyl (C=O) groups excluding carboxylic acids is 2. The smallest absolute Gasteiger partial charge is 0.286 e. The number of aromatic nitrogens is 1. The molecule has 1 atom stereocenters. The van der Waals surface area contributed by atoms with Crippen molar-refractivity contribution < 1.29 is 9.59 Å². The molecular weight excluding hydrogens is 408 g/mol. The Labute approximate surface area is 198 Å². The largest absolute Gasteiger partial charge is 0.354 e.